The molecular formula is C15H12Cl2N2O3. The van der Waals surface area contributed by atoms with Crippen LogP contribution in [-0.4, -0.2) is 18.9 Å². The second-order valence-corrected chi connectivity index (χ2v) is 5.08. The van der Waals surface area contributed by atoms with Crippen LogP contribution in [0.4, 0.5) is 0 Å². The molecule has 0 fully saturated rings. The number of hydrazine groups is 1. The Morgan fingerprint density at radius 1 is 0.864 bits per heavy atom. The van der Waals surface area contributed by atoms with Crippen LogP contribution in [0.15, 0.2) is 42.5 Å². The molecule has 2 aromatic carbocycles. The minimum absolute atomic E-state index is 0.260. The Hall–Kier alpha value is -2.24. The first-order chi connectivity index (χ1) is 10.5. The molecule has 0 unspecified atom stereocenters. The topological polar surface area (TPSA) is 67.4 Å². The van der Waals surface area contributed by atoms with Gasteiger partial charge < -0.3 is 4.74 Å². The summed E-state index contributed by atoms with van der Waals surface area (Å²) in [7, 11) is 1.53. The Labute approximate surface area is 137 Å². The molecular weight excluding hydrogens is 327 g/mol. The Morgan fingerprint density at radius 2 is 1.41 bits per heavy atom. The van der Waals surface area contributed by atoms with Gasteiger partial charge in [-0.05, 0) is 42.5 Å². The molecule has 0 heterocycles. The van der Waals surface area contributed by atoms with E-state index < -0.39 is 11.8 Å². The molecule has 2 aromatic rings. The maximum atomic E-state index is 11.9. The van der Waals surface area contributed by atoms with E-state index in [1.54, 1.807) is 24.3 Å². The molecule has 0 atom stereocenters. The fraction of sp³-hybridized carbons (Fsp3) is 0.0667. The molecule has 5 nitrogen and oxygen atoms in total. The van der Waals surface area contributed by atoms with Gasteiger partial charge in [-0.2, -0.15) is 0 Å². The van der Waals surface area contributed by atoms with E-state index >= 15 is 0 Å². The molecule has 7 heteroatoms. The fourth-order valence-electron chi connectivity index (χ4n) is 1.64. The number of ether oxygens (including phenoxy) is 1. The van der Waals surface area contributed by atoms with Crippen molar-refractivity contribution < 1.29 is 14.3 Å². The SMILES string of the molecule is COc1ccc(C(=O)NNC(=O)c2ccc(Cl)c(Cl)c2)cc1. The van der Waals surface area contributed by atoms with Crippen molar-refractivity contribution in [3.8, 4) is 5.75 Å². The smallest absolute Gasteiger partial charge is 0.269 e. The minimum atomic E-state index is -0.500. The highest BCUT2D eigenvalue weighted by Crippen LogP contribution is 2.22. The lowest BCUT2D eigenvalue weighted by atomic mass is 10.2. The molecule has 0 aliphatic carbocycles. The number of hydrogen-bond donors (Lipinski definition) is 2. The first kappa shape index (κ1) is 16.1. The van der Waals surface area contributed by atoms with E-state index in [0.29, 0.717) is 16.3 Å². The third-order valence-electron chi connectivity index (χ3n) is 2.82. The van der Waals surface area contributed by atoms with Crippen molar-refractivity contribution in [2.45, 2.75) is 0 Å². The third kappa shape index (κ3) is 3.90. The number of nitrogens with one attached hydrogen (secondary N) is 2. The Bertz CT molecular complexity index is 702. The van der Waals surface area contributed by atoms with Crippen molar-refractivity contribution >= 4 is 35.0 Å². The summed E-state index contributed by atoms with van der Waals surface area (Å²) >= 11 is 11.6. The number of carbonyl (C=O) groups is 2. The lowest BCUT2D eigenvalue weighted by Gasteiger charge is -2.08. The quantitative estimate of drug-likeness (QED) is 0.845. The van der Waals surface area contributed by atoms with Gasteiger partial charge in [0, 0.05) is 11.1 Å². The molecule has 114 valence electrons. The predicted molar refractivity (Wildman–Crippen MR) is 84.4 cm³/mol. The molecule has 2 rings (SSSR count). The number of hydrogen-bond acceptors (Lipinski definition) is 3. The fourth-order valence-corrected chi connectivity index (χ4v) is 1.94. The predicted octanol–water partition coefficient (Wildman–Crippen LogP) is 3.08. The minimum Gasteiger partial charge on any atom is -0.497 e. The van der Waals surface area contributed by atoms with E-state index in [4.69, 9.17) is 27.9 Å². The lowest BCUT2D eigenvalue weighted by Crippen LogP contribution is -2.41. The molecule has 2 N–H and O–H groups in total. The largest absolute Gasteiger partial charge is 0.497 e. The van der Waals surface area contributed by atoms with Crippen LogP contribution < -0.4 is 15.6 Å². The number of carbonyl (C=O) groups excluding carboxylic acids is 2. The molecule has 0 bridgehead atoms. The maximum absolute atomic E-state index is 11.9. The van der Waals surface area contributed by atoms with Crippen molar-refractivity contribution in [2.75, 3.05) is 7.11 Å². The van der Waals surface area contributed by atoms with Crippen LogP contribution in [0.2, 0.25) is 10.0 Å². The molecule has 2 amide bonds. The van der Waals surface area contributed by atoms with E-state index in [9.17, 15) is 9.59 Å². The van der Waals surface area contributed by atoms with Crippen LogP contribution in [0, 0.1) is 0 Å². The van der Waals surface area contributed by atoms with Gasteiger partial charge in [0.2, 0.25) is 0 Å². The Balaban J connectivity index is 1.97. The standard InChI is InChI=1S/C15H12Cl2N2O3/c1-22-11-5-2-9(3-6-11)14(20)18-19-15(21)10-4-7-12(16)13(17)8-10/h2-8H,1H3,(H,18,20)(H,19,21). The van der Waals surface area contributed by atoms with Gasteiger partial charge in [-0.1, -0.05) is 23.2 Å². The zero-order valence-corrected chi connectivity index (χ0v) is 13.0. The van der Waals surface area contributed by atoms with Crippen molar-refractivity contribution in [3.63, 3.8) is 0 Å². The number of amides is 2. The van der Waals surface area contributed by atoms with Crippen LogP contribution in [0.1, 0.15) is 20.7 Å². The number of rotatable bonds is 3. The summed E-state index contributed by atoms with van der Waals surface area (Å²) in [6, 6.07) is 10.9. The van der Waals surface area contributed by atoms with Gasteiger partial charge in [0.15, 0.2) is 0 Å². The second-order valence-electron chi connectivity index (χ2n) is 4.27. The van der Waals surface area contributed by atoms with Crippen molar-refractivity contribution in [1.29, 1.82) is 0 Å². The monoisotopic (exact) mass is 338 g/mol. The summed E-state index contributed by atoms with van der Waals surface area (Å²) in [5, 5.41) is 0.608. The van der Waals surface area contributed by atoms with Crippen molar-refractivity contribution in [3.05, 3.63) is 63.6 Å². The summed E-state index contributed by atoms with van der Waals surface area (Å²) in [6.45, 7) is 0. The first-order valence-corrected chi connectivity index (χ1v) is 6.96. The highest BCUT2D eigenvalue weighted by Gasteiger charge is 2.10. The summed E-state index contributed by atoms with van der Waals surface area (Å²) in [4.78, 5) is 23.8. The number of methoxy groups -OCH3 is 1. The van der Waals surface area contributed by atoms with Crippen molar-refractivity contribution in [2.24, 2.45) is 0 Å². The van der Waals surface area contributed by atoms with Crippen molar-refractivity contribution in [1.82, 2.24) is 10.9 Å². The van der Waals surface area contributed by atoms with Crippen LogP contribution in [0.5, 0.6) is 5.75 Å². The molecule has 0 saturated heterocycles. The summed E-state index contributed by atoms with van der Waals surface area (Å²) in [6.07, 6.45) is 0. The van der Waals surface area contributed by atoms with E-state index in [1.165, 1.54) is 25.3 Å². The maximum Gasteiger partial charge on any atom is 0.269 e. The summed E-state index contributed by atoms with van der Waals surface area (Å²) in [5.41, 5.74) is 5.28. The van der Waals surface area contributed by atoms with E-state index in [1.807, 2.05) is 0 Å². The van der Waals surface area contributed by atoms with Crippen LogP contribution in [0.3, 0.4) is 0 Å². The second kappa shape index (κ2) is 7.15. The molecule has 22 heavy (non-hydrogen) atoms. The molecule has 0 radical (unpaired) electrons. The van der Waals surface area contributed by atoms with Gasteiger partial charge in [0.1, 0.15) is 5.75 Å². The van der Waals surface area contributed by atoms with E-state index in [2.05, 4.69) is 10.9 Å². The van der Waals surface area contributed by atoms with Gasteiger partial charge in [-0.25, -0.2) is 0 Å². The Kier molecular flexibility index (Phi) is 5.25. The van der Waals surface area contributed by atoms with Gasteiger partial charge in [-0.3, -0.25) is 20.4 Å². The Morgan fingerprint density at radius 3 is 1.95 bits per heavy atom. The molecule has 0 aliphatic rings. The zero-order valence-electron chi connectivity index (χ0n) is 11.5. The molecule has 0 saturated carbocycles. The average molecular weight is 339 g/mol. The molecule has 0 aromatic heterocycles. The average Bonchev–Trinajstić information content (AvgIpc) is 2.54. The van der Waals surface area contributed by atoms with Crippen LogP contribution in [-0.2, 0) is 0 Å². The van der Waals surface area contributed by atoms with Gasteiger partial charge >= 0.3 is 0 Å². The van der Waals surface area contributed by atoms with Gasteiger partial charge in [-0.15, -0.1) is 0 Å². The summed E-state index contributed by atoms with van der Waals surface area (Å²) in [5.74, 6) is -0.312. The van der Waals surface area contributed by atoms with Crippen LogP contribution >= 0.6 is 23.2 Å². The van der Waals surface area contributed by atoms with Crippen LogP contribution in [0.25, 0.3) is 0 Å². The number of benzene rings is 2. The molecule has 0 aliphatic heterocycles. The first-order valence-electron chi connectivity index (χ1n) is 6.21. The van der Waals surface area contributed by atoms with E-state index in [-0.39, 0.29) is 10.6 Å². The summed E-state index contributed by atoms with van der Waals surface area (Å²) < 4.78 is 5.00. The molecule has 0 spiro atoms. The van der Waals surface area contributed by atoms with Gasteiger partial charge in [0.05, 0.1) is 17.2 Å². The number of halogens is 2. The normalized spacial score (nSPS) is 9.95. The zero-order chi connectivity index (χ0) is 16.1. The lowest BCUT2D eigenvalue weighted by molar-refractivity contribution is 0.0846. The van der Waals surface area contributed by atoms with E-state index in [0.717, 1.165) is 0 Å². The van der Waals surface area contributed by atoms with Gasteiger partial charge in [0.25, 0.3) is 11.8 Å². The highest BCUT2D eigenvalue weighted by atomic mass is 35.5. The highest BCUT2D eigenvalue weighted by molar-refractivity contribution is 6.42. The third-order valence-corrected chi connectivity index (χ3v) is 3.56.